The SMILES string of the molecule is CCC[N+](CC)(CCC)COC. The molecule has 0 radical (unpaired) electrons. The summed E-state index contributed by atoms with van der Waals surface area (Å²) in [5.74, 6) is 0. The highest BCUT2D eigenvalue weighted by atomic mass is 16.5. The molecule has 0 aliphatic rings. The molecule has 0 heterocycles. The summed E-state index contributed by atoms with van der Waals surface area (Å²) in [6.07, 6.45) is 2.49. The highest BCUT2D eigenvalue weighted by Gasteiger charge is 2.22. The van der Waals surface area contributed by atoms with Crippen molar-refractivity contribution in [3.8, 4) is 0 Å². The number of quaternary nitrogens is 1. The Labute approximate surface area is 77.1 Å². The molecule has 0 aromatic rings. The van der Waals surface area contributed by atoms with Gasteiger partial charge in [0.2, 0.25) is 0 Å². The largest absolute Gasteiger partial charge is 0.335 e. The Bertz CT molecular complexity index is 87.0. The van der Waals surface area contributed by atoms with E-state index in [1.54, 1.807) is 7.11 Å². The van der Waals surface area contributed by atoms with Gasteiger partial charge in [0.1, 0.15) is 0 Å². The molecule has 0 unspecified atom stereocenters. The second-order valence-corrected chi connectivity index (χ2v) is 3.52. The van der Waals surface area contributed by atoms with Crippen molar-refractivity contribution < 1.29 is 9.22 Å². The Morgan fingerprint density at radius 1 is 1.00 bits per heavy atom. The standard InChI is InChI=1S/C10H24NO/c1-5-8-11(7-3,9-6-2)10-12-4/h5-10H2,1-4H3/q+1. The summed E-state index contributed by atoms with van der Waals surface area (Å²) in [5.41, 5.74) is 0. The van der Waals surface area contributed by atoms with E-state index in [0.29, 0.717) is 0 Å². The van der Waals surface area contributed by atoms with Crippen molar-refractivity contribution in [2.24, 2.45) is 0 Å². The molecule has 0 bridgehead atoms. The van der Waals surface area contributed by atoms with Crippen LogP contribution < -0.4 is 0 Å². The van der Waals surface area contributed by atoms with Gasteiger partial charge < -0.3 is 9.22 Å². The Balaban J connectivity index is 4.06. The summed E-state index contributed by atoms with van der Waals surface area (Å²) in [5, 5.41) is 0. The van der Waals surface area contributed by atoms with Gasteiger partial charge in [-0.25, -0.2) is 0 Å². The van der Waals surface area contributed by atoms with E-state index < -0.39 is 0 Å². The van der Waals surface area contributed by atoms with Crippen LogP contribution in [0.1, 0.15) is 33.6 Å². The van der Waals surface area contributed by atoms with Crippen LogP contribution in [0.5, 0.6) is 0 Å². The van der Waals surface area contributed by atoms with Crippen LogP contribution in [0.15, 0.2) is 0 Å². The summed E-state index contributed by atoms with van der Waals surface area (Å²) < 4.78 is 6.40. The van der Waals surface area contributed by atoms with Crippen LogP contribution in [0.25, 0.3) is 0 Å². The van der Waals surface area contributed by atoms with Crippen LogP contribution in [-0.2, 0) is 4.74 Å². The topological polar surface area (TPSA) is 9.23 Å². The van der Waals surface area contributed by atoms with E-state index in [2.05, 4.69) is 20.8 Å². The number of rotatable bonds is 7. The Kier molecular flexibility index (Phi) is 6.39. The lowest BCUT2D eigenvalue weighted by molar-refractivity contribution is -0.943. The fourth-order valence-electron chi connectivity index (χ4n) is 1.87. The maximum atomic E-state index is 5.28. The van der Waals surface area contributed by atoms with E-state index in [1.807, 2.05) is 0 Å². The normalized spacial score (nSPS) is 12.0. The Hall–Kier alpha value is -0.0800. The molecule has 0 rings (SSSR count). The molecule has 0 saturated heterocycles. The van der Waals surface area contributed by atoms with E-state index in [-0.39, 0.29) is 0 Å². The maximum Gasteiger partial charge on any atom is 0.182 e. The van der Waals surface area contributed by atoms with Gasteiger partial charge >= 0.3 is 0 Å². The molecule has 0 aromatic carbocycles. The lowest BCUT2D eigenvalue weighted by atomic mass is 10.3. The number of ether oxygens (including phenoxy) is 1. The van der Waals surface area contributed by atoms with Gasteiger partial charge in [0.15, 0.2) is 6.73 Å². The van der Waals surface area contributed by atoms with Gasteiger partial charge in [-0.05, 0) is 19.8 Å². The van der Waals surface area contributed by atoms with E-state index in [9.17, 15) is 0 Å². The minimum absolute atomic E-state index is 0.873. The fourth-order valence-corrected chi connectivity index (χ4v) is 1.87. The predicted octanol–water partition coefficient (Wildman–Crippen LogP) is 2.25. The van der Waals surface area contributed by atoms with Gasteiger partial charge in [-0.2, -0.15) is 0 Å². The summed E-state index contributed by atoms with van der Waals surface area (Å²) in [7, 11) is 1.80. The average Bonchev–Trinajstić information content (AvgIpc) is 2.06. The van der Waals surface area contributed by atoms with Crippen LogP contribution in [0.2, 0.25) is 0 Å². The van der Waals surface area contributed by atoms with Crippen LogP contribution in [0.4, 0.5) is 0 Å². The number of hydrogen-bond donors (Lipinski definition) is 0. The van der Waals surface area contributed by atoms with Gasteiger partial charge in [-0.3, -0.25) is 0 Å². The second kappa shape index (κ2) is 6.44. The van der Waals surface area contributed by atoms with Crippen molar-refractivity contribution >= 4 is 0 Å². The van der Waals surface area contributed by atoms with E-state index >= 15 is 0 Å². The molecule has 0 amide bonds. The second-order valence-electron chi connectivity index (χ2n) is 3.52. The molecule has 0 aliphatic heterocycles. The molecule has 0 saturated carbocycles. The summed E-state index contributed by atoms with van der Waals surface area (Å²) in [6, 6.07) is 0. The number of nitrogens with zero attached hydrogens (tertiary/aromatic N) is 1. The molecular weight excluding hydrogens is 150 g/mol. The van der Waals surface area contributed by atoms with Crippen molar-refractivity contribution in [1.29, 1.82) is 0 Å². The third kappa shape index (κ3) is 3.55. The Morgan fingerprint density at radius 2 is 1.50 bits per heavy atom. The lowest BCUT2D eigenvalue weighted by Gasteiger charge is -2.36. The quantitative estimate of drug-likeness (QED) is 0.425. The minimum Gasteiger partial charge on any atom is -0.335 e. The third-order valence-corrected chi connectivity index (χ3v) is 2.47. The van der Waals surface area contributed by atoms with Gasteiger partial charge in [0.25, 0.3) is 0 Å². The first-order chi connectivity index (χ1) is 5.74. The zero-order valence-corrected chi connectivity index (χ0v) is 9.10. The van der Waals surface area contributed by atoms with Gasteiger partial charge in [0, 0.05) is 7.11 Å². The monoisotopic (exact) mass is 174 g/mol. The van der Waals surface area contributed by atoms with E-state index in [0.717, 1.165) is 11.2 Å². The van der Waals surface area contributed by atoms with Crippen molar-refractivity contribution in [3.05, 3.63) is 0 Å². The maximum absolute atomic E-state index is 5.28. The number of methoxy groups -OCH3 is 1. The van der Waals surface area contributed by atoms with Crippen LogP contribution >= 0.6 is 0 Å². The summed E-state index contributed by atoms with van der Waals surface area (Å²) >= 11 is 0. The van der Waals surface area contributed by atoms with Gasteiger partial charge in [0.05, 0.1) is 19.6 Å². The smallest absolute Gasteiger partial charge is 0.182 e. The molecule has 0 atom stereocenters. The first-order valence-corrected chi connectivity index (χ1v) is 5.08. The fraction of sp³-hybridized carbons (Fsp3) is 1.00. The highest BCUT2D eigenvalue weighted by molar-refractivity contribution is 4.37. The highest BCUT2D eigenvalue weighted by Crippen LogP contribution is 2.09. The summed E-state index contributed by atoms with van der Waals surface area (Å²) in [4.78, 5) is 0. The molecule has 0 N–H and O–H groups in total. The van der Waals surface area contributed by atoms with Gasteiger partial charge in [-0.15, -0.1) is 0 Å². The molecule has 2 nitrogen and oxygen atoms in total. The lowest BCUT2D eigenvalue weighted by Crippen LogP contribution is -2.50. The van der Waals surface area contributed by atoms with Crippen LogP contribution in [-0.4, -0.2) is 38.0 Å². The molecule has 0 spiro atoms. The molecule has 12 heavy (non-hydrogen) atoms. The zero-order valence-electron chi connectivity index (χ0n) is 9.10. The Morgan fingerprint density at radius 3 is 1.75 bits per heavy atom. The van der Waals surface area contributed by atoms with Crippen molar-refractivity contribution in [1.82, 2.24) is 0 Å². The minimum atomic E-state index is 0.873. The first-order valence-electron chi connectivity index (χ1n) is 5.08. The molecular formula is C10H24NO+. The van der Waals surface area contributed by atoms with Gasteiger partial charge in [-0.1, -0.05) is 13.8 Å². The third-order valence-electron chi connectivity index (χ3n) is 2.47. The summed E-state index contributed by atoms with van der Waals surface area (Å²) in [6.45, 7) is 11.3. The predicted molar refractivity (Wildman–Crippen MR) is 53.0 cm³/mol. The first kappa shape index (κ1) is 11.9. The van der Waals surface area contributed by atoms with Crippen molar-refractivity contribution in [2.75, 3.05) is 33.5 Å². The van der Waals surface area contributed by atoms with Crippen LogP contribution in [0.3, 0.4) is 0 Å². The van der Waals surface area contributed by atoms with E-state index in [1.165, 1.54) is 32.5 Å². The number of hydrogen-bond acceptors (Lipinski definition) is 1. The van der Waals surface area contributed by atoms with Crippen molar-refractivity contribution in [2.45, 2.75) is 33.6 Å². The molecule has 2 heteroatoms. The average molecular weight is 174 g/mol. The van der Waals surface area contributed by atoms with E-state index in [4.69, 9.17) is 4.74 Å². The molecule has 74 valence electrons. The van der Waals surface area contributed by atoms with Crippen LogP contribution in [0, 0.1) is 0 Å². The molecule has 0 aromatic heterocycles. The van der Waals surface area contributed by atoms with Crippen molar-refractivity contribution in [3.63, 3.8) is 0 Å². The molecule has 0 fully saturated rings. The zero-order chi connectivity index (χ0) is 9.45. The molecule has 0 aliphatic carbocycles.